The molecule has 0 aliphatic rings. The molecular formula is C14H20O3. The Morgan fingerprint density at radius 2 is 1.76 bits per heavy atom. The third kappa shape index (κ3) is 3.41. The van der Waals surface area contributed by atoms with Crippen LogP contribution in [0.25, 0.3) is 0 Å². The van der Waals surface area contributed by atoms with Gasteiger partial charge in [-0.25, -0.2) is 0 Å². The zero-order valence-corrected chi connectivity index (χ0v) is 10.9. The molecule has 3 nitrogen and oxygen atoms in total. The monoisotopic (exact) mass is 236 g/mol. The molecule has 0 radical (unpaired) electrons. The predicted molar refractivity (Wildman–Crippen MR) is 69.0 cm³/mol. The number of allylic oxidation sites excluding steroid dienone is 1. The minimum Gasteiger partial charge on any atom is -0.490 e. The lowest BCUT2D eigenvalue weighted by Gasteiger charge is -2.16. The van der Waals surface area contributed by atoms with Crippen molar-refractivity contribution in [3.63, 3.8) is 0 Å². The van der Waals surface area contributed by atoms with E-state index >= 15 is 0 Å². The van der Waals surface area contributed by atoms with Crippen molar-refractivity contribution in [3.8, 4) is 17.2 Å². The summed E-state index contributed by atoms with van der Waals surface area (Å²) >= 11 is 0. The summed E-state index contributed by atoms with van der Waals surface area (Å²) in [6, 6.07) is 3.87. The molecule has 0 bridgehead atoms. The summed E-state index contributed by atoms with van der Waals surface area (Å²) in [4.78, 5) is 0. The minimum absolute atomic E-state index is 0.579. The van der Waals surface area contributed by atoms with E-state index in [9.17, 15) is 0 Å². The number of rotatable bonds is 6. The van der Waals surface area contributed by atoms with Crippen LogP contribution in [0.5, 0.6) is 17.2 Å². The van der Waals surface area contributed by atoms with Gasteiger partial charge >= 0.3 is 0 Å². The first-order chi connectivity index (χ1) is 8.24. The van der Waals surface area contributed by atoms with E-state index in [4.69, 9.17) is 14.2 Å². The van der Waals surface area contributed by atoms with E-state index in [-0.39, 0.29) is 0 Å². The SMILES string of the molecule is CC=COc1c(C)ccc(OCC)c1OCC. The summed E-state index contributed by atoms with van der Waals surface area (Å²) in [6.45, 7) is 8.96. The van der Waals surface area contributed by atoms with Crippen LogP contribution in [0, 0.1) is 6.92 Å². The highest BCUT2D eigenvalue weighted by atomic mass is 16.5. The van der Waals surface area contributed by atoms with Crippen LogP contribution in [0.2, 0.25) is 0 Å². The van der Waals surface area contributed by atoms with E-state index in [0.29, 0.717) is 19.0 Å². The molecule has 17 heavy (non-hydrogen) atoms. The lowest BCUT2D eigenvalue weighted by Crippen LogP contribution is -2.01. The molecular weight excluding hydrogens is 216 g/mol. The molecule has 3 heteroatoms. The molecule has 1 aromatic rings. The highest BCUT2D eigenvalue weighted by Gasteiger charge is 2.14. The molecule has 0 fully saturated rings. The van der Waals surface area contributed by atoms with Crippen LogP contribution >= 0.6 is 0 Å². The smallest absolute Gasteiger partial charge is 0.204 e. The van der Waals surface area contributed by atoms with Gasteiger partial charge in [0.1, 0.15) is 0 Å². The molecule has 0 heterocycles. The Kier molecular flexibility index (Phi) is 5.40. The molecule has 94 valence electrons. The number of benzene rings is 1. The third-order valence-corrected chi connectivity index (χ3v) is 2.18. The van der Waals surface area contributed by atoms with Gasteiger partial charge in [0.2, 0.25) is 5.75 Å². The van der Waals surface area contributed by atoms with Gasteiger partial charge in [-0.05, 0) is 39.3 Å². The topological polar surface area (TPSA) is 27.7 Å². The summed E-state index contributed by atoms with van der Waals surface area (Å²) in [5.41, 5.74) is 1.02. The minimum atomic E-state index is 0.579. The zero-order chi connectivity index (χ0) is 12.7. The Bertz CT molecular complexity index is 383. The number of aryl methyl sites for hydroxylation is 1. The van der Waals surface area contributed by atoms with Crippen LogP contribution in [0.1, 0.15) is 26.3 Å². The number of ether oxygens (including phenoxy) is 3. The Morgan fingerprint density at radius 3 is 2.35 bits per heavy atom. The maximum atomic E-state index is 5.61. The van der Waals surface area contributed by atoms with Crippen LogP contribution in [0.4, 0.5) is 0 Å². The second-order valence-electron chi connectivity index (χ2n) is 3.49. The van der Waals surface area contributed by atoms with E-state index in [0.717, 1.165) is 17.1 Å². The van der Waals surface area contributed by atoms with Crippen LogP contribution < -0.4 is 14.2 Å². The van der Waals surface area contributed by atoms with Gasteiger partial charge < -0.3 is 14.2 Å². The lowest BCUT2D eigenvalue weighted by atomic mass is 10.2. The van der Waals surface area contributed by atoms with Crippen molar-refractivity contribution in [2.45, 2.75) is 27.7 Å². The van der Waals surface area contributed by atoms with Crippen LogP contribution in [0.15, 0.2) is 24.5 Å². The predicted octanol–water partition coefficient (Wildman–Crippen LogP) is 3.70. The highest BCUT2D eigenvalue weighted by molar-refractivity contribution is 5.55. The molecule has 0 saturated heterocycles. The molecule has 0 aromatic heterocycles. The molecule has 1 rings (SSSR count). The van der Waals surface area contributed by atoms with Gasteiger partial charge in [-0.3, -0.25) is 0 Å². The molecule has 0 saturated carbocycles. The van der Waals surface area contributed by atoms with Crippen molar-refractivity contribution < 1.29 is 14.2 Å². The molecule has 0 aliphatic carbocycles. The summed E-state index contributed by atoms with van der Waals surface area (Å²) in [7, 11) is 0. The number of hydrogen-bond donors (Lipinski definition) is 0. The average Bonchev–Trinajstić information content (AvgIpc) is 2.32. The highest BCUT2D eigenvalue weighted by Crippen LogP contribution is 2.40. The van der Waals surface area contributed by atoms with Gasteiger partial charge in [-0.1, -0.05) is 12.1 Å². The van der Waals surface area contributed by atoms with Gasteiger partial charge in [0.15, 0.2) is 11.5 Å². The first-order valence-corrected chi connectivity index (χ1v) is 5.91. The maximum Gasteiger partial charge on any atom is 0.204 e. The van der Waals surface area contributed by atoms with Crippen molar-refractivity contribution in [1.29, 1.82) is 0 Å². The van der Waals surface area contributed by atoms with Crippen molar-refractivity contribution in [2.75, 3.05) is 13.2 Å². The molecule has 0 aliphatic heterocycles. The fraction of sp³-hybridized carbons (Fsp3) is 0.429. The lowest BCUT2D eigenvalue weighted by molar-refractivity contribution is 0.276. The van der Waals surface area contributed by atoms with E-state index in [1.807, 2.05) is 45.9 Å². The maximum absolute atomic E-state index is 5.61. The third-order valence-electron chi connectivity index (χ3n) is 2.18. The second kappa shape index (κ2) is 6.84. The van der Waals surface area contributed by atoms with Crippen molar-refractivity contribution in [1.82, 2.24) is 0 Å². The largest absolute Gasteiger partial charge is 0.490 e. The van der Waals surface area contributed by atoms with Gasteiger partial charge in [-0.15, -0.1) is 0 Å². The first-order valence-electron chi connectivity index (χ1n) is 5.91. The molecule has 0 N–H and O–H groups in total. The van der Waals surface area contributed by atoms with Crippen molar-refractivity contribution in [2.24, 2.45) is 0 Å². The van der Waals surface area contributed by atoms with E-state index < -0.39 is 0 Å². The van der Waals surface area contributed by atoms with E-state index in [1.54, 1.807) is 6.26 Å². The van der Waals surface area contributed by atoms with Crippen LogP contribution in [-0.4, -0.2) is 13.2 Å². The fourth-order valence-electron chi connectivity index (χ4n) is 1.48. The van der Waals surface area contributed by atoms with E-state index in [1.165, 1.54) is 0 Å². The first kappa shape index (κ1) is 13.4. The fourth-order valence-corrected chi connectivity index (χ4v) is 1.48. The Labute approximate surface area is 103 Å². The Morgan fingerprint density at radius 1 is 1.06 bits per heavy atom. The Hall–Kier alpha value is -1.64. The Balaban J connectivity index is 3.16. The quantitative estimate of drug-likeness (QED) is 0.705. The average molecular weight is 236 g/mol. The summed E-state index contributed by atoms with van der Waals surface area (Å²) in [5.74, 6) is 2.11. The van der Waals surface area contributed by atoms with Gasteiger partial charge in [0, 0.05) is 0 Å². The van der Waals surface area contributed by atoms with Gasteiger partial charge in [0.05, 0.1) is 19.5 Å². The summed E-state index contributed by atoms with van der Waals surface area (Å²) < 4.78 is 16.7. The summed E-state index contributed by atoms with van der Waals surface area (Å²) in [6.07, 6.45) is 3.48. The van der Waals surface area contributed by atoms with Gasteiger partial charge in [0.25, 0.3) is 0 Å². The van der Waals surface area contributed by atoms with Crippen molar-refractivity contribution >= 4 is 0 Å². The number of hydrogen-bond acceptors (Lipinski definition) is 3. The molecule has 0 spiro atoms. The van der Waals surface area contributed by atoms with E-state index in [2.05, 4.69) is 0 Å². The molecule has 1 aromatic carbocycles. The summed E-state index contributed by atoms with van der Waals surface area (Å²) in [5, 5.41) is 0. The van der Waals surface area contributed by atoms with Crippen LogP contribution in [0.3, 0.4) is 0 Å². The van der Waals surface area contributed by atoms with Gasteiger partial charge in [-0.2, -0.15) is 0 Å². The van der Waals surface area contributed by atoms with Crippen molar-refractivity contribution in [3.05, 3.63) is 30.0 Å². The normalized spacial score (nSPS) is 10.6. The molecule has 0 unspecified atom stereocenters. The molecule has 0 amide bonds. The molecule has 0 atom stereocenters. The van der Waals surface area contributed by atoms with Crippen LogP contribution in [-0.2, 0) is 0 Å². The standard InChI is InChI=1S/C14H20O3/c1-5-10-17-13-11(4)8-9-12(15-6-2)14(13)16-7-3/h5,8-10H,6-7H2,1-4H3. The second-order valence-corrected chi connectivity index (χ2v) is 3.49. The zero-order valence-electron chi connectivity index (χ0n) is 10.9.